The van der Waals surface area contributed by atoms with Crippen LogP contribution in [0.15, 0.2) is 18.2 Å². The fourth-order valence-electron chi connectivity index (χ4n) is 1.29. The third kappa shape index (κ3) is 1.41. The van der Waals surface area contributed by atoms with Gasteiger partial charge >= 0.3 is 0 Å². The Bertz CT molecular complexity index is 371. The van der Waals surface area contributed by atoms with Crippen LogP contribution in [0, 0.1) is 11.6 Å². The first-order valence-corrected chi connectivity index (χ1v) is 4.01. The number of ether oxygens (including phenoxy) is 1. The molecule has 1 unspecified atom stereocenters. The minimum absolute atomic E-state index is 0.136. The molecule has 0 spiro atoms. The first-order valence-electron chi connectivity index (χ1n) is 4.01. The minimum atomic E-state index is -0.647. The summed E-state index contributed by atoms with van der Waals surface area (Å²) in [6.45, 7) is 1.79. The Kier molecular flexibility index (Phi) is 1.79. The molecule has 0 aromatic heterocycles. The summed E-state index contributed by atoms with van der Waals surface area (Å²) in [5, 5.41) is 0. The van der Waals surface area contributed by atoms with Crippen LogP contribution in [0.5, 0.6) is 5.75 Å². The largest absolute Gasteiger partial charge is 0.483 e. The summed E-state index contributed by atoms with van der Waals surface area (Å²) in [6.07, 6.45) is 3.25. The van der Waals surface area contributed by atoms with Gasteiger partial charge in [0.15, 0.2) is 11.6 Å². The van der Waals surface area contributed by atoms with Crippen LogP contribution in [-0.4, -0.2) is 6.10 Å². The third-order valence-corrected chi connectivity index (χ3v) is 1.89. The van der Waals surface area contributed by atoms with E-state index in [0.717, 1.165) is 6.07 Å². The summed E-state index contributed by atoms with van der Waals surface area (Å²) >= 11 is 0. The Morgan fingerprint density at radius 2 is 2.08 bits per heavy atom. The van der Waals surface area contributed by atoms with Gasteiger partial charge in [-0.15, -0.1) is 0 Å². The van der Waals surface area contributed by atoms with Crippen LogP contribution in [0.25, 0.3) is 6.08 Å². The van der Waals surface area contributed by atoms with Gasteiger partial charge in [-0.05, 0) is 19.1 Å². The topological polar surface area (TPSA) is 9.23 Å². The van der Waals surface area contributed by atoms with E-state index < -0.39 is 11.6 Å². The summed E-state index contributed by atoms with van der Waals surface area (Å²) in [4.78, 5) is 0. The molecule has 13 heavy (non-hydrogen) atoms. The smallest absolute Gasteiger partial charge is 0.168 e. The van der Waals surface area contributed by atoms with Crippen LogP contribution in [0.1, 0.15) is 12.5 Å². The average Bonchev–Trinajstić information content (AvgIpc) is 2.06. The van der Waals surface area contributed by atoms with Crippen LogP contribution in [0.3, 0.4) is 0 Å². The Morgan fingerprint density at radius 1 is 1.31 bits per heavy atom. The zero-order valence-corrected chi connectivity index (χ0v) is 7.05. The molecule has 0 aliphatic carbocycles. The molecule has 0 N–H and O–H groups in total. The molecular weight excluding hydrogens is 174 g/mol. The van der Waals surface area contributed by atoms with Crippen molar-refractivity contribution in [2.45, 2.75) is 13.0 Å². The van der Waals surface area contributed by atoms with Crippen molar-refractivity contribution < 1.29 is 13.5 Å². The van der Waals surface area contributed by atoms with Gasteiger partial charge in [-0.3, -0.25) is 0 Å². The number of benzene rings is 1. The lowest BCUT2D eigenvalue weighted by Gasteiger charge is -2.18. The molecule has 0 saturated heterocycles. The molecule has 1 aliphatic heterocycles. The Labute approximate surface area is 74.6 Å². The molecule has 0 fully saturated rings. The fraction of sp³-hybridized carbons (Fsp3) is 0.200. The highest BCUT2D eigenvalue weighted by molar-refractivity contribution is 5.60. The second-order valence-electron chi connectivity index (χ2n) is 2.99. The third-order valence-electron chi connectivity index (χ3n) is 1.89. The van der Waals surface area contributed by atoms with Crippen molar-refractivity contribution in [1.82, 2.24) is 0 Å². The van der Waals surface area contributed by atoms with Crippen molar-refractivity contribution in [2.24, 2.45) is 0 Å². The number of fused-ring (bicyclic) bond motifs is 1. The highest BCUT2D eigenvalue weighted by Gasteiger charge is 2.16. The SMILES string of the molecule is CC1C=Cc2cc(F)cc(F)c2O1. The summed E-state index contributed by atoms with van der Waals surface area (Å²) in [6, 6.07) is 2.07. The maximum atomic E-state index is 13.1. The molecule has 0 radical (unpaired) electrons. The maximum Gasteiger partial charge on any atom is 0.168 e. The number of rotatable bonds is 0. The minimum Gasteiger partial charge on any atom is -0.483 e. The van der Waals surface area contributed by atoms with Crippen molar-refractivity contribution in [1.29, 1.82) is 0 Å². The number of halogens is 2. The lowest BCUT2D eigenvalue weighted by molar-refractivity contribution is 0.252. The zero-order valence-electron chi connectivity index (χ0n) is 7.05. The number of hydrogen-bond acceptors (Lipinski definition) is 1. The summed E-state index contributed by atoms with van der Waals surface area (Å²) in [7, 11) is 0. The van der Waals surface area contributed by atoms with Crippen molar-refractivity contribution in [3.8, 4) is 5.75 Å². The van der Waals surface area contributed by atoms with Crippen LogP contribution in [0.2, 0.25) is 0 Å². The second kappa shape index (κ2) is 2.83. The highest BCUT2D eigenvalue weighted by Crippen LogP contribution is 2.29. The van der Waals surface area contributed by atoms with Crippen LogP contribution >= 0.6 is 0 Å². The molecule has 3 heteroatoms. The normalized spacial score (nSPS) is 19.5. The first kappa shape index (κ1) is 8.23. The molecular formula is C10H8F2O. The molecule has 0 saturated carbocycles. The predicted molar refractivity (Wildman–Crippen MR) is 45.5 cm³/mol. The lowest BCUT2D eigenvalue weighted by atomic mass is 10.1. The van der Waals surface area contributed by atoms with Gasteiger partial charge in [-0.1, -0.05) is 6.08 Å². The van der Waals surface area contributed by atoms with E-state index >= 15 is 0 Å². The maximum absolute atomic E-state index is 13.1. The molecule has 0 bridgehead atoms. The van der Waals surface area contributed by atoms with Gasteiger partial charge < -0.3 is 4.74 Å². The van der Waals surface area contributed by atoms with Crippen LogP contribution < -0.4 is 4.74 Å². The van der Waals surface area contributed by atoms with Crippen molar-refractivity contribution in [3.63, 3.8) is 0 Å². The fourth-order valence-corrected chi connectivity index (χ4v) is 1.29. The van der Waals surface area contributed by atoms with Crippen molar-refractivity contribution in [2.75, 3.05) is 0 Å². The van der Waals surface area contributed by atoms with Gasteiger partial charge in [-0.2, -0.15) is 0 Å². The van der Waals surface area contributed by atoms with Gasteiger partial charge in [-0.25, -0.2) is 8.78 Å². The Hall–Kier alpha value is -1.38. The van der Waals surface area contributed by atoms with Crippen LogP contribution in [0.4, 0.5) is 8.78 Å². The standard InChI is InChI=1S/C10H8F2O/c1-6-2-3-7-4-8(11)5-9(12)10(7)13-6/h2-6H,1H3. The molecule has 1 heterocycles. The quantitative estimate of drug-likeness (QED) is 0.599. The molecule has 2 rings (SSSR count). The van der Waals surface area contributed by atoms with E-state index in [2.05, 4.69) is 0 Å². The van der Waals surface area contributed by atoms with Gasteiger partial charge in [0.05, 0.1) is 0 Å². The van der Waals surface area contributed by atoms with E-state index in [-0.39, 0.29) is 11.9 Å². The van der Waals surface area contributed by atoms with Crippen molar-refractivity contribution >= 4 is 6.08 Å². The van der Waals surface area contributed by atoms with E-state index in [4.69, 9.17) is 4.74 Å². The van der Waals surface area contributed by atoms with Gasteiger partial charge in [0, 0.05) is 11.6 Å². The molecule has 1 atom stereocenters. The predicted octanol–water partition coefficient (Wildman–Crippen LogP) is 2.76. The van der Waals surface area contributed by atoms with Crippen LogP contribution in [-0.2, 0) is 0 Å². The second-order valence-corrected chi connectivity index (χ2v) is 2.99. The molecule has 1 nitrogen and oxygen atoms in total. The van der Waals surface area contributed by atoms with Gasteiger partial charge in [0.25, 0.3) is 0 Å². The molecule has 1 aromatic rings. The van der Waals surface area contributed by atoms with Crippen molar-refractivity contribution in [3.05, 3.63) is 35.4 Å². The van der Waals surface area contributed by atoms with E-state index in [1.807, 2.05) is 0 Å². The summed E-state index contributed by atoms with van der Waals surface area (Å²) in [5.74, 6) is -1.10. The monoisotopic (exact) mass is 182 g/mol. The number of hydrogen-bond donors (Lipinski definition) is 0. The lowest BCUT2D eigenvalue weighted by Crippen LogP contribution is -2.13. The molecule has 1 aromatic carbocycles. The molecule has 68 valence electrons. The Balaban J connectivity index is 2.56. The summed E-state index contributed by atoms with van der Waals surface area (Å²) < 4.78 is 31.0. The molecule has 1 aliphatic rings. The molecule has 0 amide bonds. The zero-order chi connectivity index (χ0) is 9.42. The average molecular weight is 182 g/mol. The summed E-state index contributed by atoms with van der Waals surface area (Å²) in [5.41, 5.74) is 0.454. The Morgan fingerprint density at radius 3 is 2.85 bits per heavy atom. The first-order chi connectivity index (χ1) is 6.16. The highest BCUT2D eigenvalue weighted by atomic mass is 19.1. The van der Waals surface area contributed by atoms with Gasteiger partial charge in [0.2, 0.25) is 0 Å². The van der Waals surface area contributed by atoms with Gasteiger partial charge in [0.1, 0.15) is 11.9 Å². The van der Waals surface area contributed by atoms with E-state index in [0.29, 0.717) is 5.56 Å². The van der Waals surface area contributed by atoms with E-state index in [1.54, 1.807) is 19.1 Å². The van der Waals surface area contributed by atoms with E-state index in [9.17, 15) is 8.78 Å². The van der Waals surface area contributed by atoms with E-state index in [1.165, 1.54) is 6.07 Å².